The van der Waals surface area contributed by atoms with Gasteiger partial charge in [-0.15, -0.1) is 0 Å². The molecule has 4 rings (SSSR count). The first kappa shape index (κ1) is 18.9. The molecule has 0 unspecified atom stereocenters. The van der Waals surface area contributed by atoms with Crippen LogP contribution in [0.5, 0.6) is 0 Å². The first-order chi connectivity index (χ1) is 13.7. The third-order valence-electron chi connectivity index (χ3n) is 6.12. The summed E-state index contributed by atoms with van der Waals surface area (Å²) in [7, 11) is 0. The first-order valence-electron chi connectivity index (χ1n) is 10.4. The van der Waals surface area contributed by atoms with Gasteiger partial charge in [0.25, 0.3) is 5.56 Å². The summed E-state index contributed by atoms with van der Waals surface area (Å²) in [4.78, 5) is 31.6. The third kappa shape index (κ3) is 4.19. The van der Waals surface area contributed by atoms with E-state index in [4.69, 9.17) is 0 Å². The highest BCUT2D eigenvalue weighted by Gasteiger charge is 2.32. The Morgan fingerprint density at radius 3 is 2.89 bits per heavy atom. The molecular formula is C21H29N5O2. The average molecular weight is 383 g/mol. The molecule has 0 aliphatic carbocycles. The molecule has 7 nitrogen and oxygen atoms in total. The van der Waals surface area contributed by atoms with Crippen molar-refractivity contribution in [3.63, 3.8) is 0 Å². The molecule has 1 aromatic heterocycles. The van der Waals surface area contributed by atoms with Crippen LogP contribution in [0, 0.1) is 5.92 Å². The summed E-state index contributed by atoms with van der Waals surface area (Å²) in [5.41, 5.74) is 0.617. The highest BCUT2D eigenvalue weighted by atomic mass is 16.2. The highest BCUT2D eigenvalue weighted by molar-refractivity contribution is 5.77. The van der Waals surface area contributed by atoms with Gasteiger partial charge in [0.1, 0.15) is 0 Å². The lowest BCUT2D eigenvalue weighted by atomic mass is 9.83. The van der Waals surface area contributed by atoms with Gasteiger partial charge in [0.05, 0.1) is 17.2 Å². The predicted molar refractivity (Wildman–Crippen MR) is 109 cm³/mol. The molecule has 2 atom stereocenters. The molecule has 7 heteroatoms. The summed E-state index contributed by atoms with van der Waals surface area (Å²) in [6.07, 6.45) is 7.83. The summed E-state index contributed by atoms with van der Waals surface area (Å²) in [5.74, 6) is 0.548. The van der Waals surface area contributed by atoms with Gasteiger partial charge in [0.15, 0.2) is 0 Å². The van der Waals surface area contributed by atoms with Gasteiger partial charge in [-0.1, -0.05) is 18.6 Å². The minimum atomic E-state index is -0.158. The number of nitrogens with zero attached hydrogens (tertiary/aromatic N) is 3. The Balaban J connectivity index is 1.25. The van der Waals surface area contributed by atoms with Crippen LogP contribution in [0.2, 0.25) is 0 Å². The summed E-state index contributed by atoms with van der Waals surface area (Å²) < 4.78 is 1.55. The monoisotopic (exact) mass is 383 g/mol. The molecule has 28 heavy (non-hydrogen) atoms. The van der Waals surface area contributed by atoms with Crippen molar-refractivity contribution in [1.29, 1.82) is 0 Å². The predicted octanol–water partition coefficient (Wildman–Crippen LogP) is 1.96. The number of amides is 2. The van der Waals surface area contributed by atoms with Gasteiger partial charge in [0, 0.05) is 25.7 Å². The fourth-order valence-corrected chi connectivity index (χ4v) is 4.66. The number of nitrogens with one attached hydrogen (secondary N) is 2. The van der Waals surface area contributed by atoms with E-state index in [0.717, 1.165) is 6.54 Å². The molecule has 0 radical (unpaired) electrons. The van der Waals surface area contributed by atoms with Crippen molar-refractivity contribution in [3.05, 3.63) is 40.9 Å². The van der Waals surface area contributed by atoms with Gasteiger partial charge in [0.2, 0.25) is 0 Å². The third-order valence-corrected chi connectivity index (χ3v) is 6.12. The highest BCUT2D eigenvalue weighted by Crippen LogP contribution is 2.30. The second-order valence-electron chi connectivity index (χ2n) is 7.90. The summed E-state index contributed by atoms with van der Waals surface area (Å²) in [6.45, 7) is 3.95. The van der Waals surface area contributed by atoms with E-state index in [-0.39, 0.29) is 11.6 Å². The second-order valence-corrected chi connectivity index (χ2v) is 7.90. The van der Waals surface area contributed by atoms with Crippen LogP contribution in [0.25, 0.3) is 10.9 Å². The number of hydrogen-bond acceptors (Lipinski definition) is 4. The van der Waals surface area contributed by atoms with E-state index < -0.39 is 0 Å². The molecule has 1 aromatic carbocycles. The van der Waals surface area contributed by atoms with Crippen molar-refractivity contribution in [1.82, 2.24) is 25.1 Å². The maximum Gasteiger partial charge on any atom is 0.314 e. The Labute approximate surface area is 165 Å². The quantitative estimate of drug-likeness (QED) is 0.827. The number of carbonyl (C=O) groups is 1. The Bertz CT molecular complexity index is 878. The SMILES string of the molecule is O=C(NCCn1cnc2ccccc2c1=O)NC[C@@H]1CCCN2CCCC[C@H]12. The number of aromatic nitrogens is 2. The van der Waals surface area contributed by atoms with E-state index in [0.29, 0.717) is 36.0 Å². The molecule has 2 fully saturated rings. The standard InChI is InChI=1S/C21H29N5O2/c27-20-17-7-1-2-8-18(17)24-15-26(20)13-10-22-21(28)23-14-16-6-5-12-25-11-4-3-9-19(16)25/h1-2,7-8,15-16,19H,3-6,9-14H2,(H2,22,23,28)/t16-,19+/m0/s1. The average Bonchev–Trinajstić information content (AvgIpc) is 2.74. The molecule has 0 saturated carbocycles. The molecule has 0 bridgehead atoms. The molecule has 3 heterocycles. The second kappa shape index (κ2) is 8.73. The van der Waals surface area contributed by atoms with E-state index in [2.05, 4.69) is 20.5 Å². The van der Waals surface area contributed by atoms with Crippen LogP contribution in [0.3, 0.4) is 0 Å². The molecule has 2 aliphatic heterocycles. The van der Waals surface area contributed by atoms with Crippen LogP contribution in [-0.2, 0) is 6.54 Å². The van der Waals surface area contributed by atoms with Gasteiger partial charge >= 0.3 is 6.03 Å². The number of urea groups is 1. The fraction of sp³-hybridized carbons (Fsp3) is 0.571. The van der Waals surface area contributed by atoms with E-state index in [9.17, 15) is 9.59 Å². The lowest BCUT2D eigenvalue weighted by Gasteiger charge is -2.44. The zero-order valence-electron chi connectivity index (χ0n) is 16.3. The lowest BCUT2D eigenvalue weighted by molar-refractivity contribution is 0.0605. The van der Waals surface area contributed by atoms with E-state index in [1.807, 2.05) is 18.2 Å². The van der Waals surface area contributed by atoms with Crippen LogP contribution in [-0.4, -0.2) is 52.7 Å². The first-order valence-corrected chi connectivity index (χ1v) is 10.4. The van der Waals surface area contributed by atoms with Gasteiger partial charge < -0.3 is 15.5 Å². The van der Waals surface area contributed by atoms with Crippen LogP contribution in [0.4, 0.5) is 4.79 Å². The minimum Gasteiger partial charge on any atom is -0.338 e. The van der Waals surface area contributed by atoms with Crippen molar-refractivity contribution in [2.75, 3.05) is 26.2 Å². The normalized spacial score (nSPS) is 22.6. The van der Waals surface area contributed by atoms with E-state index >= 15 is 0 Å². The molecular weight excluding hydrogens is 354 g/mol. The summed E-state index contributed by atoms with van der Waals surface area (Å²) in [5, 5.41) is 6.50. The van der Waals surface area contributed by atoms with Crippen molar-refractivity contribution in [2.24, 2.45) is 5.92 Å². The summed E-state index contributed by atoms with van der Waals surface area (Å²) >= 11 is 0. The van der Waals surface area contributed by atoms with Gasteiger partial charge in [-0.3, -0.25) is 9.36 Å². The Morgan fingerprint density at radius 2 is 1.96 bits per heavy atom. The van der Waals surface area contributed by atoms with Crippen molar-refractivity contribution in [2.45, 2.75) is 44.7 Å². The zero-order valence-corrected chi connectivity index (χ0v) is 16.3. The largest absolute Gasteiger partial charge is 0.338 e. The maximum absolute atomic E-state index is 12.5. The molecule has 2 aromatic rings. The van der Waals surface area contributed by atoms with Crippen molar-refractivity contribution < 1.29 is 4.79 Å². The van der Waals surface area contributed by atoms with Gasteiger partial charge in [-0.25, -0.2) is 9.78 Å². The number of rotatable bonds is 5. The van der Waals surface area contributed by atoms with Crippen LogP contribution in [0.15, 0.2) is 35.4 Å². The number of hydrogen-bond donors (Lipinski definition) is 2. The molecule has 0 spiro atoms. The van der Waals surface area contributed by atoms with Crippen LogP contribution < -0.4 is 16.2 Å². The number of benzene rings is 1. The number of carbonyl (C=O) groups excluding carboxylic acids is 1. The Hall–Kier alpha value is -2.41. The van der Waals surface area contributed by atoms with Gasteiger partial charge in [-0.2, -0.15) is 0 Å². The zero-order chi connectivity index (χ0) is 19.3. The lowest BCUT2D eigenvalue weighted by Crippen LogP contribution is -2.51. The molecule has 150 valence electrons. The number of fused-ring (bicyclic) bond motifs is 2. The smallest absolute Gasteiger partial charge is 0.314 e. The molecule has 2 aliphatic rings. The fourth-order valence-electron chi connectivity index (χ4n) is 4.66. The van der Waals surface area contributed by atoms with E-state index in [1.165, 1.54) is 45.2 Å². The number of para-hydroxylation sites is 1. The molecule has 2 N–H and O–H groups in total. The summed E-state index contributed by atoms with van der Waals surface area (Å²) in [6, 6.07) is 7.77. The minimum absolute atomic E-state index is 0.0765. The van der Waals surface area contributed by atoms with Crippen LogP contribution >= 0.6 is 0 Å². The number of piperidine rings is 2. The van der Waals surface area contributed by atoms with Crippen LogP contribution in [0.1, 0.15) is 32.1 Å². The Morgan fingerprint density at radius 1 is 1.11 bits per heavy atom. The van der Waals surface area contributed by atoms with E-state index in [1.54, 1.807) is 17.0 Å². The maximum atomic E-state index is 12.5. The van der Waals surface area contributed by atoms with Crippen molar-refractivity contribution in [3.8, 4) is 0 Å². The van der Waals surface area contributed by atoms with Crippen molar-refractivity contribution >= 4 is 16.9 Å². The molecule has 2 amide bonds. The molecule has 2 saturated heterocycles. The van der Waals surface area contributed by atoms with Gasteiger partial charge in [-0.05, 0) is 56.8 Å². The topological polar surface area (TPSA) is 79.3 Å². The Kier molecular flexibility index (Phi) is 5.90.